The molecule has 5 nitrogen and oxygen atoms in total. The molecule has 1 atom stereocenters. The summed E-state index contributed by atoms with van der Waals surface area (Å²) in [6.45, 7) is 7.03. The van der Waals surface area contributed by atoms with E-state index >= 15 is 0 Å². The third kappa shape index (κ3) is 6.42. The summed E-state index contributed by atoms with van der Waals surface area (Å²) in [6.07, 6.45) is -0.0447. The van der Waals surface area contributed by atoms with Crippen molar-refractivity contribution in [2.24, 2.45) is 0 Å². The Hall–Kier alpha value is -1.10. The van der Waals surface area contributed by atoms with Crippen LogP contribution in [-0.4, -0.2) is 28.8 Å². The maximum atomic E-state index is 10.5. The van der Waals surface area contributed by atoms with Gasteiger partial charge < -0.3 is 15.2 Å². The van der Waals surface area contributed by atoms with Crippen LogP contribution in [0.15, 0.2) is 0 Å². The van der Waals surface area contributed by atoms with Crippen molar-refractivity contribution in [3.05, 3.63) is 0 Å². The van der Waals surface area contributed by atoms with E-state index in [1.165, 1.54) is 0 Å². The third-order valence-corrected chi connectivity index (χ3v) is 1.18. The maximum Gasteiger partial charge on any atom is 0.415 e. The first-order valence-electron chi connectivity index (χ1n) is 4.48. The van der Waals surface area contributed by atoms with Crippen LogP contribution >= 0.6 is 0 Å². The summed E-state index contributed by atoms with van der Waals surface area (Å²) >= 11 is 0. The molecule has 0 bridgehead atoms. The summed E-state index contributed by atoms with van der Waals surface area (Å²) in [5.74, 6) is -0.470. The molecule has 0 saturated carbocycles. The molecule has 82 valence electrons. The van der Waals surface area contributed by atoms with Crippen molar-refractivity contribution in [3.8, 4) is 0 Å². The van der Waals surface area contributed by atoms with E-state index in [9.17, 15) is 9.59 Å². The number of ether oxygens (including phenoxy) is 1. The fraction of sp³-hybridized carbons (Fsp3) is 0.778. The van der Waals surface area contributed by atoms with Gasteiger partial charge in [-0.2, -0.15) is 0 Å². The Morgan fingerprint density at radius 3 is 2.00 bits per heavy atom. The Morgan fingerprint density at radius 1 is 1.43 bits per heavy atom. The van der Waals surface area contributed by atoms with Gasteiger partial charge in [-0.1, -0.05) is 6.92 Å². The topological polar surface area (TPSA) is 75.6 Å². The summed E-state index contributed by atoms with van der Waals surface area (Å²) in [5.41, 5.74) is -0.500. The molecule has 0 aliphatic carbocycles. The van der Waals surface area contributed by atoms with Crippen LogP contribution < -0.4 is 5.32 Å². The molecule has 1 amide bonds. The molecule has 0 aromatic rings. The Balaban J connectivity index is 0.000000292. The van der Waals surface area contributed by atoms with Gasteiger partial charge in [-0.25, -0.2) is 9.59 Å². The number of rotatable bonds is 1. The van der Waals surface area contributed by atoms with Crippen LogP contribution in [0.5, 0.6) is 0 Å². The van der Waals surface area contributed by atoms with Crippen LogP contribution in [0.25, 0.3) is 0 Å². The molecule has 1 saturated heterocycles. The highest BCUT2D eigenvalue weighted by Gasteiger charge is 2.30. The Morgan fingerprint density at radius 2 is 1.86 bits per heavy atom. The quantitative estimate of drug-likeness (QED) is 0.488. The molecular formula is C9H17NO4. The summed E-state index contributed by atoms with van der Waals surface area (Å²) in [7, 11) is 0. The molecule has 1 aliphatic rings. The van der Waals surface area contributed by atoms with Gasteiger partial charge in [-0.15, -0.1) is 0 Å². The minimum atomic E-state index is -0.633. The van der Waals surface area contributed by atoms with Gasteiger partial charge in [0.15, 0.2) is 0 Å². The predicted octanol–water partition coefficient (Wildman–Crippen LogP) is 0.809. The lowest BCUT2D eigenvalue weighted by Crippen LogP contribution is -2.27. The Labute approximate surface area is 83.4 Å². The highest BCUT2D eigenvalue weighted by atomic mass is 16.6. The number of cyclic esters (lactones) is 2. The lowest BCUT2D eigenvalue weighted by atomic mass is 10.2. The Kier molecular flexibility index (Phi) is 4.56. The minimum Gasteiger partial charge on any atom is -0.391 e. The highest BCUT2D eigenvalue weighted by molar-refractivity contribution is 5.95. The smallest absolute Gasteiger partial charge is 0.391 e. The molecule has 1 rings (SSSR count). The average molecular weight is 203 g/mol. The largest absolute Gasteiger partial charge is 0.415 e. The molecule has 0 spiro atoms. The number of hydrogen-bond donors (Lipinski definition) is 2. The zero-order valence-electron chi connectivity index (χ0n) is 8.96. The van der Waals surface area contributed by atoms with Gasteiger partial charge >= 0.3 is 12.1 Å². The normalized spacial score (nSPS) is 20.8. The molecule has 5 heteroatoms. The molecule has 2 N–H and O–H groups in total. The third-order valence-electron chi connectivity index (χ3n) is 1.18. The van der Waals surface area contributed by atoms with E-state index in [1.807, 2.05) is 0 Å². The van der Waals surface area contributed by atoms with E-state index in [0.29, 0.717) is 6.42 Å². The zero-order chi connectivity index (χ0) is 11.4. The summed E-state index contributed by atoms with van der Waals surface area (Å²) in [4.78, 5) is 20.8. The van der Waals surface area contributed by atoms with E-state index < -0.39 is 23.7 Å². The van der Waals surface area contributed by atoms with E-state index in [0.717, 1.165) is 0 Å². The molecule has 1 aliphatic heterocycles. The number of amides is 1. The Bertz CT molecular complexity index is 213. The monoisotopic (exact) mass is 203 g/mol. The number of aliphatic hydroxyl groups is 1. The zero-order valence-corrected chi connectivity index (χ0v) is 8.96. The first-order chi connectivity index (χ1) is 6.24. The number of carbonyl (C=O) groups excluding carboxylic acids is 2. The fourth-order valence-corrected chi connectivity index (χ4v) is 0.662. The molecular weight excluding hydrogens is 186 g/mol. The number of esters is 1. The molecule has 14 heavy (non-hydrogen) atoms. The van der Waals surface area contributed by atoms with Crippen LogP contribution in [0.1, 0.15) is 34.1 Å². The fourth-order valence-electron chi connectivity index (χ4n) is 0.662. The molecule has 0 radical (unpaired) electrons. The molecule has 0 aromatic heterocycles. The van der Waals surface area contributed by atoms with E-state index in [2.05, 4.69) is 10.1 Å². The van der Waals surface area contributed by atoms with Gasteiger partial charge in [0.2, 0.25) is 0 Å². The number of alkyl carbamates (subject to hydrolysis) is 1. The first-order valence-corrected chi connectivity index (χ1v) is 4.48. The summed E-state index contributed by atoms with van der Waals surface area (Å²) in [5, 5.41) is 10.9. The standard InChI is InChI=1S/C5H7NO3.C4H10O/c1-2-3-4(7)9-5(8)6-3;1-4(2,3)5/h3H,2H2,1H3,(H,6,8);5H,1-3H3. The van der Waals surface area contributed by atoms with Gasteiger partial charge in [-0.05, 0) is 27.2 Å². The number of nitrogens with one attached hydrogen (secondary N) is 1. The van der Waals surface area contributed by atoms with E-state index in [4.69, 9.17) is 5.11 Å². The highest BCUT2D eigenvalue weighted by Crippen LogP contribution is 2.02. The molecule has 0 aromatic carbocycles. The second-order valence-electron chi connectivity index (χ2n) is 3.98. The molecule has 1 fully saturated rings. The van der Waals surface area contributed by atoms with Crippen LogP contribution in [0.4, 0.5) is 4.79 Å². The van der Waals surface area contributed by atoms with Crippen LogP contribution in [0.3, 0.4) is 0 Å². The van der Waals surface area contributed by atoms with Crippen molar-refractivity contribution in [3.63, 3.8) is 0 Å². The van der Waals surface area contributed by atoms with E-state index in [-0.39, 0.29) is 0 Å². The number of hydrogen-bond acceptors (Lipinski definition) is 4. The van der Waals surface area contributed by atoms with E-state index in [1.54, 1.807) is 27.7 Å². The van der Waals surface area contributed by atoms with Gasteiger partial charge in [0, 0.05) is 0 Å². The van der Waals surface area contributed by atoms with Crippen molar-refractivity contribution in [2.45, 2.75) is 45.8 Å². The van der Waals surface area contributed by atoms with Gasteiger partial charge in [-0.3, -0.25) is 0 Å². The second-order valence-corrected chi connectivity index (χ2v) is 3.98. The van der Waals surface area contributed by atoms with Crippen LogP contribution in [0, 0.1) is 0 Å². The van der Waals surface area contributed by atoms with Crippen molar-refractivity contribution in [1.29, 1.82) is 0 Å². The lowest BCUT2D eigenvalue weighted by molar-refractivity contribution is -0.135. The van der Waals surface area contributed by atoms with Crippen molar-refractivity contribution < 1.29 is 19.4 Å². The number of carbonyl (C=O) groups is 2. The predicted molar refractivity (Wildman–Crippen MR) is 50.7 cm³/mol. The van der Waals surface area contributed by atoms with Crippen LogP contribution in [-0.2, 0) is 9.53 Å². The second kappa shape index (κ2) is 4.95. The van der Waals surface area contributed by atoms with Gasteiger partial charge in [0.05, 0.1) is 5.60 Å². The molecule has 1 unspecified atom stereocenters. The average Bonchev–Trinajstić information content (AvgIpc) is 2.25. The van der Waals surface area contributed by atoms with Crippen molar-refractivity contribution in [1.82, 2.24) is 5.32 Å². The first kappa shape index (κ1) is 12.9. The van der Waals surface area contributed by atoms with Crippen LogP contribution in [0.2, 0.25) is 0 Å². The maximum absolute atomic E-state index is 10.5. The SMILES string of the molecule is CC(C)(C)O.CCC1NC(=O)OC1=O. The lowest BCUT2D eigenvalue weighted by Gasteiger charge is -2.04. The minimum absolute atomic E-state index is 0.419. The van der Waals surface area contributed by atoms with Crippen molar-refractivity contribution in [2.75, 3.05) is 0 Å². The van der Waals surface area contributed by atoms with Gasteiger partial charge in [0.25, 0.3) is 0 Å². The summed E-state index contributed by atoms with van der Waals surface area (Å²) < 4.78 is 4.18. The molecule has 1 heterocycles. The van der Waals surface area contributed by atoms with Gasteiger partial charge in [0.1, 0.15) is 6.04 Å². The summed E-state index contributed by atoms with van der Waals surface area (Å²) in [6, 6.07) is -0.419. The van der Waals surface area contributed by atoms with Crippen molar-refractivity contribution >= 4 is 12.1 Å².